The number of para-hydroxylation sites is 6. The second-order valence-corrected chi connectivity index (χ2v) is 15.2. The Kier molecular flexibility index (Phi) is 7.54. The first kappa shape index (κ1) is 33.3. The molecule has 0 aliphatic heterocycles. The van der Waals surface area contributed by atoms with Crippen LogP contribution in [0, 0.1) is 0 Å². The van der Waals surface area contributed by atoms with E-state index in [4.69, 9.17) is 4.42 Å². The number of furan rings is 1. The van der Waals surface area contributed by atoms with Crippen LogP contribution in [0.4, 0.5) is 17.1 Å². The SMILES string of the molecule is c1cc(-c2cccc3c2oc2ccccc23)cc(N(c2ccccc2-c2ccccc2-n2c3ccccc3c3ccccc32)c2cccc3ccc4ccccc4c23)c1. The molecule has 10 aromatic carbocycles. The number of benzene rings is 10. The summed E-state index contributed by atoms with van der Waals surface area (Å²) in [7, 11) is 0. The Bertz CT molecular complexity index is 3540. The molecule has 59 heavy (non-hydrogen) atoms. The standard InChI is InChI=1S/C56H36N2O/c1-2-20-41-37(16-1)34-35-38-17-14-32-53(55(38)41)57(40-19-13-18-39(36-40)42-26-15-27-48-47-25-7-12-33-54(47)59-56(42)48)49-28-8-3-21-43(49)44-22-4-9-29-50(44)58-51-30-10-5-23-45(51)46-24-6-11-31-52(46)58/h1-36H. The van der Waals surface area contributed by atoms with Gasteiger partial charge in [0.2, 0.25) is 0 Å². The number of hydrogen-bond donors (Lipinski definition) is 0. The highest BCUT2D eigenvalue weighted by molar-refractivity contribution is 6.16. The van der Waals surface area contributed by atoms with Gasteiger partial charge in [0, 0.05) is 49.3 Å². The number of aromatic nitrogens is 1. The van der Waals surface area contributed by atoms with Gasteiger partial charge < -0.3 is 13.9 Å². The summed E-state index contributed by atoms with van der Waals surface area (Å²) in [5.41, 5.74) is 13.0. The molecular weight excluding hydrogens is 717 g/mol. The van der Waals surface area contributed by atoms with Gasteiger partial charge in [-0.25, -0.2) is 0 Å². The third-order valence-corrected chi connectivity index (χ3v) is 12.0. The minimum Gasteiger partial charge on any atom is -0.455 e. The second-order valence-electron chi connectivity index (χ2n) is 15.2. The van der Waals surface area contributed by atoms with Gasteiger partial charge in [0.15, 0.2) is 0 Å². The second kappa shape index (κ2) is 13.4. The number of hydrogen-bond acceptors (Lipinski definition) is 2. The summed E-state index contributed by atoms with van der Waals surface area (Å²) in [6.45, 7) is 0. The summed E-state index contributed by atoms with van der Waals surface area (Å²) in [5.74, 6) is 0. The average Bonchev–Trinajstić information content (AvgIpc) is 3.85. The molecule has 0 atom stereocenters. The van der Waals surface area contributed by atoms with Gasteiger partial charge in [0.1, 0.15) is 11.2 Å². The first-order valence-electron chi connectivity index (χ1n) is 20.2. The molecule has 0 unspecified atom stereocenters. The van der Waals surface area contributed by atoms with Gasteiger partial charge in [-0.2, -0.15) is 0 Å². The number of nitrogens with zero attached hydrogens (tertiary/aromatic N) is 2. The molecule has 0 spiro atoms. The van der Waals surface area contributed by atoms with E-state index < -0.39 is 0 Å². The van der Waals surface area contributed by atoms with Gasteiger partial charge in [-0.15, -0.1) is 0 Å². The maximum Gasteiger partial charge on any atom is 0.143 e. The van der Waals surface area contributed by atoms with Crippen LogP contribution in [0.5, 0.6) is 0 Å². The smallest absolute Gasteiger partial charge is 0.143 e. The van der Waals surface area contributed by atoms with Crippen LogP contribution in [0.2, 0.25) is 0 Å². The molecule has 3 nitrogen and oxygen atoms in total. The topological polar surface area (TPSA) is 21.3 Å². The van der Waals surface area contributed by atoms with Crippen molar-refractivity contribution in [3.05, 3.63) is 218 Å². The lowest BCUT2D eigenvalue weighted by molar-refractivity contribution is 0.670. The van der Waals surface area contributed by atoms with E-state index in [-0.39, 0.29) is 0 Å². The van der Waals surface area contributed by atoms with E-state index in [1.807, 2.05) is 6.07 Å². The molecule has 0 bridgehead atoms. The van der Waals surface area contributed by atoms with Crippen LogP contribution < -0.4 is 4.90 Å². The van der Waals surface area contributed by atoms with E-state index in [1.54, 1.807) is 0 Å². The monoisotopic (exact) mass is 752 g/mol. The van der Waals surface area contributed by atoms with Crippen molar-refractivity contribution >= 4 is 82.4 Å². The Balaban J connectivity index is 1.14. The van der Waals surface area contributed by atoms with Crippen LogP contribution in [-0.2, 0) is 0 Å². The van der Waals surface area contributed by atoms with Gasteiger partial charge in [0.25, 0.3) is 0 Å². The molecule has 0 N–H and O–H groups in total. The fourth-order valence-corrected chi connectivity index (χ4v) is 9.40. The Labute approximate surface area is 341 Å². The quantitative estimate of drug-likeness (QED) is 0.158. The maximum atomic E-state index is 6.58. The van der Waals surface area contributed by atoms with E-state index in [1.165, 1.54) is 43.4 Å². The van der Waals surface area contributed by atoms with Crippen molar-refractivity contribution in [3.8, 4) is 27.9 Å². The highest BCUT2D eigenvalue weighted by Gasteiger charge is 2.23. The summed E-state index contributed by atoms with van der Waals surface area (Å²) < 4.78 is 9.02. The lowest BCUT2D eigenvalue weighted by atomic mass is 9.96. The molecular formula is C56H36N2O. The van der Waals surface area contributed by atoms with Gasteiger partial charge in [-0.3, -0.25) is 0 Å². The Hall–Kier alpha value is -7.88. The molecule has 3 heteroatoms. The van der Waals surface area contributed by atoms with E-state index in [9.17, 15) is 0 Å². The Morgan fingerprint density at radius 3 is 1.80 bits per heavy atom. The lowest BCUT2D eigenvalue weighted by Gasteiger charge is -2.30. The Morgan fingerprint density at radius 1 is 0.373 bits per heavy atom. The van der Waals surface area contributed by atoms with E-state index in [0.717, 1.165) is 66.9 Å². The van der Waals surface area contributed by atoms with Crippen molar-refractivity contribution in [3.63, 3.8) is 0 Å². The summed E-state index contributed by atoms with van der Waals surface area (Å²) in [4.78, 5) is 2.47. The van der Waals surface area contributed by atoms with Crippen molar-refractivity contribution in [2.45, 2.75) is 0 Å². The van der Waals surface area contributed by atoms with E-state index in [2.05, 4.69) is 222 Å². The highest BCUT2D eigenvalue weighted by Crippen LogP contribution is 2.48. The molecule has 2 heterocycles. The summed E-state index contributed by atoms with van der Waals surface area (Å²) in [5, 5.41) is 9.56. The predicted molar refractivity (Wildman–Crippen MR) is 249 cm³/mol. The largest absolute Gasteiger partial charge is 0.455 e. The third kappa shape index (κ3) is 5.22. The molecule has 0 fully saturated rings. The van der Waals surface area contributed by atoms with Crippen LogP contribution in [0.1, 0.15) is 0 Å². The minimum absolute atomic E-state index is 0.895. The number of fused-ring (bicyclic) bond motifs is 9. The van der Waals surface area contributed by atoms with Gasteiger partial charge >= 0.3 is 0 Å². The first-order chi connectivity index (χ1) is 29.3. The molecule has 276 valence electrons. The fraction of sp³-hybridized carbons (Fsp3) is 0. The molecule has 12 aromatic rings. The van der Waals surface area contributed by atoms with Crippen molar-refractivity contribution in [1.29, 1.82) is 0 Å². The van der Waals surface area contributed by atoms with Crippen LogP contribution in [0.25, 0.3) is 93.2 Å². The molecule has 0 saturated heterocycles. The molecule has 0 radical (unpaired) electrons. The predicted octanol–water partition coefficient (Wildman–Crippen LogP) is 15.8. The number of rotatable bonds is 6. The van der Waals surface area contributed by atoms with Crippen LogP contribution in [0.15, 0.2) is 223 Å². The molecule has 0 aliphatic carbocycles. The number of anilines is 3. The van der Waals surface area contributed by atoms with Crippen molar-refractivity contribution in [2.24, 2.45) is 0 Å². The van der Waals surface area contributed by atoms with E-state index in [0.29, 0.717) is 0 Å². The first-order valence-corrected chi connectivity index (χ1v) is 20.2. The molecule has 0 saturated carbocycles. The molecule has 0 amide bonds. The minimum atomic E-state index is 0.895. The highest BCUT2D eigenvalue weighted by atomic mass is 16.3. The average molecular weight is 753 g/mol. The van der Waals surface area contributed by atoms with Crippen molar-refractivity contribution < 1.29 is 4.42 Å². The molecule has 2 aromatic heterocycles. The van der Waals surface area contributed by atoms with Crippen LogP contribution in [-0.4, -0.2) is 4.57 Å². The van der Waals surface area contributed by atoms with Crippen molar-refractivity contribution in [1.82, 2.24) is 4.57 Å². The van der Waals surface area contributed by atoms with Gasteiger partial charge in [0.05, 0.1) is 28.1 Å². The van der Waals surface area contributed by atoms with Gasteiger partial charge in [-0.1, -0.05) is 170 Å². The summed E-state index contributed by atoms with van der Waals surface area (Å²) in [6, 6.07) is 78.8. The lowest BCUT2D eigenvalue weighted by Crippen LogP contribution is -2.12. The molecule has 0 aliphatic rings. The summed E-state index contributed by atoms with van der Waals surface area (Å²) >= 11 is 0. The zero-order valence-corrected chi connectivity index (χ0v) is 32.1. The van der Waals surface area contributed by atoms with Gasteiger partial charge in [-0.05, 0) is 70.3 Å². The zero-order chi connectivity index (χ0) is 38.9. The zero-order valence-electron chi connectivity index (χ0n) is 32.1. The van der Waals surface area contributed by atoms with Crippen LogP contribution >= 0.6 is 0 Å². The fourth-order valence-electron chi connectivity index (χ4n) is 9.40. The molecule has 12 rings (SSSR count). The van der Waals surface area contributed by atoms with Crippen molar-refractivity contribution in [2.75, 3.05) is 4.90 Å². The third-order valence-electron chi connectivity index (χ3n) is 12.0. The summed E-state index contributed by atoms with van der Waals surface area (Å²) in [6.07, 6.45) is 0. The Morgan fingerprint density at radius 2 is 0.949 bits per heavy atom. The van der Waals surface area contributed by atoms with E-state index >= 15 is 0 Å². The maximum absolute atomic E-state index is 6.58. The van der Waals surface area contributed by atoms with Crippen LogP contribution in [0.3, 0.4) is 0 Å². The normalized spacial score (nSPS) is 11.7.